The fourth-order valence-electron chi connectivity index (χ4n) is 2.68. The quantitative estimate of drug-likeness (QED) is 0.604. The lowest BCUT2D eigenvalue weighted by Gasteiger charge is -2.25. The van der Waals surface area contributed by atoms with Crippen LogP contribution < -0.4 is 10.6 Å². The van der Waals surface area contributed by atoms with E-state index in [1.54, 1.807) is 6.33 Å². The average Bonchev–Trinajstić information content (AvgIpc) is 3.06. The van der Waals surface area contributed by atoms with Gasteiger partial charge in [0.15, 0.2) is 0 Å². The Kier molecular flexibility index (Phi) is 2.89. The van der Waals surface area contributed by atoms with Crippen molar-refractivity contribution >= 4 is 11.7 Å². The predicted octanol–water partition coefficient (Wildman–Crippen LogP) is 1.26. The lowest BCUT2D eigenvalue weighted by molar-refractivity contribution is 0.770. The zero-order valence-corrected chi connectivity index (χ0v) is 10.5. The Bertz CT molecular complexity index is 466. The number of fused-ring (bicyclic) bond motifs is 1. The first-order chi connectivity index (χ1) is 8.75. The van der Waals surface area contributed by atoms with Gasteiger partial charge in [0.05, 0.1) is 5.84 Å². The van der Waals surface area contributed by atoms with E-state index in [4.69, 9.17) is 11.1 Å². The van der Waals surface area contributed by atoms with Crippen LogP contribution in [0.25, 0.3) is 0 Å². The number of nitrogens with one attached hydrogen (secondary N) is 1. The Morgan fingerprint density at radius 3 is 2.94 bits per heavy atom. The van der Waals surface area contributed by atoms with Crippen LogP contribution in [0.1, 0.15) is 36.9 Å². The van der Waals surface area contributed by atoms with E-state index >= 15 is 0 Å². The molecule has 0 saturated heterocycles. The van der Waals surface area contributed by atoms with Gasteiger partial charge in [-0.1, -0.05) is 0 Å². The smallest absolute Gasteiger partial charge is 0.135 e. The number of nitrogens with two attached hydrogens (primary N) is 1. The van der Waals surface area contributed by atoms with E-state index < -0.39 is 0 Å². The van der Waals surface area contributed by atoms with Crippen LogP contribution in [0.15, 0.2) is 6.33 Å². The molecule has 0 aliphatic heterocycles. The molecule has 96 valence electrons. The summed E-state index contributed by atoms with van der Waals surface area (Å²) in [6, 6.07) is 0.601. The monoisotopic (exact) mass is 245 g/mol. The molecule has 0 spiro atoms. The molecule has 1 aromatic heterocycles. The van der Waals surface area contributed by atoms with E-state index in [0.717, 1.165) is 25.2 Å². The van der Waals surface area contributed by atoms with Crippen LogP contribution in [-0.4, -0.2) is 28.4 Å². The van der Waals surface area contributed by atoms with Gasteiger partial charge in [-0.3, -0.25) is 5.41 Å². The maximum atomic E-state index is 7.38. The van der Waals surface area contributed by atoms with Crippen LogP contribution in [0.4, 0.5) is 5.82 Å². The molecule has 1 heterocycles. The summed E-state index contributed by atoms with van der Waals surface area (Å²) >= 11 is 0. The van der Waals surface area contributed by atoms with Crippen molar-refractivity contribution < 1.29 is 0 Å². The third-order valence-electron chi connectivity index (χ3n) is 3.73. The highest BCUT2D eigenvalue weighted by atomic mass is 15.2. The van der Waals surface area contributed by atoms with Gasteiger partial charge < -0.3 is 10.6 Å². The lowest BCUT2D eigenvalue weighted by atomic mass is 10.2. The van der Waals surface area contributed by atoms with Crippen LogP contribution in [0.3, 0.4) is 0 Å². The van der Waals surface area contributed by atoms with Crippen molar-refractivity contribution in [1.82, 2.24) is 9.97 Å². The molecule has 1 fully saturated rings. The first kappa shape index (κ1) is 11.4. The molecule has 0 radical (unpaired) electrons. The molecular formula is C13H19N5. The largest absolute Gasteiger partial charge is 0.388 e. The van der Waals surface area contributed by atoms with Crippen molar-refractivity contribution in [1.29, 1.82) is 5.41 Å². The summed E-state index contributed by atoms with van der Waals surface area (Å²) in [5.74, 6) is 1.35. The van der Waals surface area contributed by atoms with E-state index in [-0.39, 0.29) is 5.84 Å². The summed E-state index contributed by atoms with van der Waals surface area (Å²) in [6.07, 6.45) is 8.13. The first-order valence-electron chi connectivity index (χ1n) is 6.68. The Morgan fingerprint density at radius 1 is 1.39 bits per heavy atom. The fraction of sp³-hybridized carbons (Fsp3) is 0.615. The molecule has 3 N–H and O–H groups in total. The van der Waals surface area contributed by atoms with Crippen molar-refractivity contribution in [2.24, 2.45) is 5.73 Å². The number of aromatic nitrogens is 2. The number of nitrogens with zero attached hydrogens (tertiary/aromatic N) is 3. The topological polar surface area (TPSA) is 78.9 Å². The third-order valence-corrected chi connectivity index (χ3v) is 3.73. The van der Waals surface area contributed by atoms with Crippen molar-refractivity contribution in [2.75, 3.05) is 11.4 Å². The summed E-state index contributed by atoms with van der Waals surface area (Å²) in [4.78, 5) is 11.2. The van der Waals surface area contributed by atoms with E-state index in [9.17, 15) is 0 Å². The maximum absolute atomic E-state index is 7.38. The molecule has 2 aliphatic carbocycles. The molecule has 2 aliphatic rings. The Hall–Kier alpha value is -1.65. The molecule has 0 bridgehead atoms. The molecule has 1 aromatic rings. The molecule has 0 aromatic carbocycles. The molecule has 3 rings (SSSR count). The van der Waals surface area contributed by atoms with Gasteiger partial charge in [-0.15, -0.1) is 0 Å². The van der Waals surface area contributed by atoms with Gasteiger partial charge in [0, 0.05) is 30.3 Å². The predicted molar refractivity (Wildman–Crippen MR) is 71.0 cm³/mol. The van der Waals surface area contributed by atoms with Crippen molar-refractivity contribution in [3.63, 3.8) is 0 Å². The molecular weight excluding hydrogens is 226 g/mol. The zero-order chi connectivity index (χ0) is 12.5. The Labute approximate surface area is 107 Å². The number of hydrogen-bond donors (Lipinski definition) is 2. The van der Waals surface area contributed by atoms with Crippen LogP contribution in [0.2, 0.25) is 0 Å². The van der Waals surface area contributed by atoms with E-state index in [0.29, 0.717) is 12.5 Å². The minimum absolute atomic E-state index is 0.256. The van der Waals surface area contributed by atoms with Crippen LogP contribution in [-0.2, 0) is 12.8 Å². The van der Waals surface area contributed by atoms with Crippen LogP contribution >= 0.6 is 0 Å². The highest BCUT2D eigenvalue weighted by Crippen LogP contribution is 2.35. The van der Waals surface area contributed by atoms with Gasteiger partial charge in [-0.25, -0.2) is 9.97 Å². The molecule has 0 amide bonds. The van der Waals surface area contributed by atoms with Gasteiger partial charge in [-0.2, -0.15) is 0 Å². The van der Waals surface area contributed by atoms with E-state index in [1.807, 2.05) is 0 Å². The Morgan fingerprint density at radius 2 is 2.22 bits per heavy atom. The van der Waals surface area contributed by atoms with Gasteiger partial charge in [-0.05, 0) is 32.1 Å². The van der Waals surface area contributed by atoms with Crippen molar-refractivity contribution in [2.45, 2.75) is 44.6 Å². The highest BCUT2D eigenvalue weighted by molar-refractivity contribution is 5.77. The second-order valence-corrected chi connectivity index (χ2v) is 5.18. The van der Waals surface area contributed by atoms with Gasteiger partial charge >= 0.3 is 0 Å². The van der Waals surface area contributed by atoms with E-state index in [1.165, 1.54) is 30.5 Å². The highest BCUT2D eigenvalue weighted by Gasteiger charge is 2.32. The second kappa shape index (κ2) is 4.55. The molecule has 0 atom stereocenters. The normalized spacial score (nSPS) is 17.6. The van der Waals surface area contributed by atoms with Gasteiger partial charge in [0.2, 0.25) is 0 Å². The van der Waals surface area contributed by atoms with E-state index in [2.05, 4.69) is 14.9 Å². The second-order valence-electron chi connectivity index (χ2n) is 5.18. The summed E-state index contributed by atoms with van der Waals surface area (Å²) in [5, 5.41) is 7.38. The van der Waals surface area contributed by atoms with Crippen LogP contribution in [0.5, 0.6) is 0 Å². The first-order valence-corrected chi connectivity index (χ1v) is 6.68. The zero-order valence-electron chi connectivity index (χ0n) is 10.5. The third kappa shape index (κ3) is 2.17. The minimum atomic E-state index is 0.256. The molecule has 5 nitrogen and oxygen atoms in total. The van der Waals surface area contributed by atoms with Crippen molar-refractivity contribution in [3.05, 3.63) is 17.6 Å². The minimum Gasteiger partial charge on any atom is -0.388 e. The molecule has 5 heteroatoms. The Balaban J connectivity index is 1.86. The SMILES string of the molecule is N=C(N)CCN(c1ncnc2c1CCC2)C1CC1. The number of anilines is 1. The van der Waals surface area contributed by atoms with Crippen LogP contribution in [0, 0.1) is 5.41 Å². The summed E-state index contributed by atoms with van der Waals surface area (Å²) in [5.41, 5.74) is 8.02. The lowest BCUT2D eigenvalue weighted by Crippen LogP contribution is -2.31. The van der Waals surface area contributed by atoms with Gasteiger partial charge in [0.25, 0.3) is 0 Å². The summed E-state index contributed by atoms with van der Waals surface area (Å²) < 4.78 is 0. The molecule has 1 saturated carbocycles. The molecule has 0 unspecified atom stereocenters. The van der Waals surface area contributed by atoms with Crippen molar-refractivity contribution in [3.8, 4) is 0 Å². The number of rotatable bonds is 5. The van der Waals surface area contributed by atoms with Gasteiger partial charge in [0.1, 0.15) is 12.1 Å². The summed E-state index contributed by atoms with van der Waals surface area (Å²) in [6.45, 7) is 0.809. The average molecular weight is 245 g/mol. The standard InChI is InChI=1S/C13H19N5/c14-12(15)6-7-18(9-4-5-9)13-10-2-1-3-11(10)16-8-17-13/h8-9H,1-7H2,(H3,14,15). The number of amidine groups is 1. The maximum Gasteiger partial charge on any atom is 0.135 e. The molecule has 18 heavy (non-hydrogen) atoms. The fourth-order valence-corrected chi connectivity index (χ4v) is 2.68. The number of aryl methyl sites for hydroxylation is 1. The summed E-state index contributed by atoms with van der Waals surface area (Å²) in [7, 11) is 0. The number of hydrogen-bond acceptors (Lipinski definition) is 4.